The maximum absolute atomic E-state index is 13.1. The first-order valence-corrected chi connectivity index (χ1v) is 8.66. The molecule has 1 N–H and O–H groups in total. The van der Waals surface area contributed by atoms with Gasteiger partial charge in [-0.25, -0.2) is 0 Å². The second kappa shape index (κ2) is 7.04. The van der Waals surface area contributed by atoms with E-state index in [1.807, 2.05) is 19.1 Å². The van der Waals surface area contributed by atoms with Gasteiger partial charge in [-0.2, -0.15) is 0 Å². The molecule has 6 heteroatoms. The Hall–Kier alpha value is -2.86. The van der Waals surface area contributed by atoms with Crippen LogP contribution in [0.25, 0.3) is 0 Å². The Balaban J connectivity index is 2.02. The molecule has 1 atom stereocenters. The van der Waals surface area contributed by atoms with Crippen LogP contribution in [0.5, 0.6) is 11.5 Å². The highest BCUT2D eigenvalue weighted by Crippen LogP contribution is 2.44. The van der Waals surface area contributed by atoms with E-state index in [4.69, 9.17) is 9.47 Å². The zero-order valence-corrected chi connectivity index (χ0v) is 15.9. The number of ether oxygens (including phenoxy) is 2. The number of ketones is 1. The molecule has 1 heterocycles. The number of carbonyl (C=O) groups excluding carboxylic acids is 2. The van der Waals surface area contributed by atoms with Crippen molar-refractivity contribution in [3.8, 4) is 11.5 Å². The summed E-state index contributed by atoms with van der Waals surface area (Å²) >= 11 is 0. The van der Waals surface area contributed by atoms with Gasteiger partial charge in [-0.05, 0) is 37.6 Å². The lowest BCUT2D eigenvalue weighted by Crippen LogP contribution is -2.41. The number of hydrogen-bond donors (Lipinski definition) is 1. The van der Waals surface area contributed by atoms with Crippen molar-refractivity contribution >= 4 is 17.4 Å². The largest absolute Gasteiger partial charge is 0.493 e. The Bertz CT molecular complexity index is 907. The Kier molecular flexibility index (Phi) is 4.93. The fourth-order valence-corrected chi connectivity index (χ4v) is 3.51. The lowest BCUT2D eigenvalue weighted by molar-refractivity contribution is -0.141. The van der Waals surface area contributed by atoms with E-state index >= 15 is 0 Å². The lowest BCUT2D eigenvalue weighted by atomic mass is 9.89. The molecule has 6 nitrogen and oxygen atoms in total. The monoisotopic (exact) mass is 369 g/mol. The minimum Gasteiger partial charge on any atom is -0.493 e. The maximum atomic E-state index is 13.1. The van der Waals surface area contributed by atoms with Crippen LogP contribution in [0.1, 0.15) is 30.0 Å². The molecule has 0 spiro atoms. The van der Waals surface area contributed by atoms with Crippen molar-refractivity contribution in [2.45, 2.75) is 32.4 Å². The van der Waals surface area contributed by atoms with Crippen LogP contribution < -0.4 is 14.4 Å². The first kappa shape index (κ1) is 18.9. The topological polar surface area (TPSA) is 76.1 Å². The quantitative estimate of drug-likeness (QED) is 0.847. The lowest BCUT2D eigenvalue weighted by Gasteiger charge is -2.22. The number of benzene rings is 2. The molecule has 0 aliphatic carbocycles. The number of nitrogens with zero attached hydrogens (tertiary/aromatic N) is 1. The van der Waals surface area contributed by atoms with Gasteiger partial charge in [0.15, 0.2) is 17.1 Å². The van der Waals surface area contributed by atoms with E-state index in [1.165, 1.54) is 11.8 Å². The molecule has 27 heavy (non-hydrogen) atoms. The summed E-state index contributed by atoms with van der Waals surface area (Å²) in [4.78, 5) is 26.3. The fraction of sp³-hybridized carbons (Fsp3) is 0.333. The Labute approximate surface area is 158 Å². The van der Waals surface area contributed by atoms with Gasteiger partial charge >= 0.3 is 0 Å². The highest BCUT2D eigenvalue weighted by atomic mass is 16.5. The van der Waals surface area contributed by atoms with Crippen LogP contribution in [0.2, 0.25) is 0 Å². The van der Waals surface area contributed by atoms with Gasteiger partial charge in [-0.3, -0.25) is 9.59 Å². The van der Waals surface area contributed by atoms with Crippen molar-refractivity contribution in [3.05, 3.63) is 53.1 Å². The molecule has 0 saturated carbocycles. The van der Waals surface area contributed by atoms with Gasteiger partial charge in [0, 0.05) is 12.0 Å². The number of aryl methyl sites for hydroxylation is 1. The molecular formula is C21H23NO5. The predicted octanol–water partition coefficient (Wildman–Crippen LogP) is 2.73. The van der Waals surface area contributed by atoms with Crippen LogP contribution in [-0.4, -0.2) is 31.0 Å². The smallest absolute Gasteiger partial charge is 0.264 e. The van der Waals surface area contributed by atoms with Crippen LogP contribution in [0.15, 0.2) is 36.4 Å². The first-order chi connectivity index (χ1) is 12.8. The second-order valence-electron chi connectivity index (χ2n) is 6.84. The van der Waals surface area contributed by atoms with E-state index in [0.717, 1.165) is 11.1 Å². The number of rotatable bonds is 6. The number of Topliss-reactive ketones (excluding diaryl/α,β-unsaturated/α-hetero) is 1. The molecule has 0 unspecified atom stereocenters. The molecule has 0 bridgehead atoms. The molecule has 2 aromatic carbocycles. The predicted molar refractivity (Wildman–Crippen MR) is 101 cm³/mol. The third kappa shape index (κ3) is 3.28. The van der Waals surface area contributed by atoms with E-state index in [2.05, 4.69) is 0 Å². The molecule has 2 aromatic rings. The molecule has 3 rings (SSSR count). The molecule has 0 radical (unpaired) electrons. The average Bonchev–Trinajstić information content (AvgIpc) is 2.82. The summed E-state index contributed by atoms with van der Waals surface area (Å²) in [5.74, 6) is 0.419. The third-order valence-corrected chi connectivity index (χ3v) is 4.78. The van der Waals surface area contributed by atoms with Crippen LogP contribution in [0.4, 0.5) is 5.69 Å². The number of carbonyl (C=O) groups is 2. The third-order valence-electron chi connectivity index (χ3n) is 4.78. The van der Waals surface area contributed by atoms with Crippen molar-refractivity contribution in [2.24, 2.45) is 0 Å². The Morgan fingerprint density at radius 1 is 1.11 bits per heavy atom. The van der Waals surface area contributed by atoms with Gasteiger partial charge in [0.25, 0.3) is 5.91 Å². The summed E-state index contributed by atoms with van der Waals surface area (Å²) in [6.45, 7) is 3.50. The zero-order chi connectivity index (χ0) is 19.8. The highest BCUT2D eigenvalue weighted by molar-refractivity contribution is 6.08. The molecule has 1 aliphatic heterocycles. The van der Waals surface area contributed by atoms with Crippen LogP contribution in [0.3, 0.4) is 0 Å². The van der Waals surface area contributed by atoms with E-state index in [9.17, 15) is 14.7 Å². The van der Waals surface area contributed by atoms with Gasteiger partial charge in [0.2, 0.25) is 0 Å². The SMILES string of the molecule is COc1ccc(CN2C(=O)[C@@](O)(CC(C)=O)c3cc(C)ccc32)cc1OC. The van der Waals surface area contributed by atoms with Crippen molar-refractivity contribution in [1.82, 2.24) is 0 Å². The van der Waals surface area contributed by atoms with Gasteiger partial charge in [0.1, 0.15) is 5.78 Å². The van der Waals surface area contributed by atoms with E-state index in [1.54, 1.807) is 38.5 Å². The van der Waals surface area contributed by atoms with Crippen LogP contribution >= 0.6 is 0 Å². The normalized spacial score (nSPS) is 18.4. The minimum absolute atomic E-state index is 0.244. The van der Waals surface area contributed by atoms with Gasteiger partial charge in [-0.1, -0.05) is 23.8 Å². The number of hydrogen-bond acceptors (Lipinski definition) is 5. The highest BCUT2D eigenvalue weighted by Gasteiger charge is 2.50. The second-order valence-corrected chi connectivity index (χ2v) is 6.84. The standard InChI is InChI=1S/C21H23NO5/c1-13-5-7-17-16(9-13)21(25,11-14(2)23)20(24)22(17)12-15-6-8-18(26-3)19(10-15)27-4/h5-10,25H,11-12H2,1-4H3/t21-/m1/s1. The van der Waals surface area contributed by atoms with Crippen LogP contribution in [-0.2, 0) is 21.7 Å². The summed E-state index contributed by atoms with van der Waals surface area (Å²) in [7, 11) is 3.11. The summed E-state index contributed by atoms with van der Waals surface area (Å²) in [5, 5.41) is 11.1. The van der Waals surface area contributed by atoms with Gasteiger partial charge < -0.3 is 19.5 Å². The first-order valence-electron chi connectivity index (χ1n) is 8.66. The minimum atomic E-state index is -1.83. The van der Waals surface area contributed by atoms with Crippen LogP contribution in [0, 0.1) is 6.92 Å². The van der Waals surface area contributed by atoms with Gasteiger partial charge in [-0.15, -0.1) is 0 Å². The van der Waals surface area contributed by atoms with Gasteiger partial charge in [0.05, 0.1) is 26.5 Å². The molecule has 1 aliphatic rings. The molecule has 1 amide bonds. The molecule has 0 saturated heterocycles. The summed E-state index contributed by atoms with van der Waals surface area (Å²) in [6.07, 6.45) is -0.245. The molecule has 0 fully saturated rings. The van der Waals surface area contributed by atoms with E-state index < -0.39 is 11.5 Å². The molecular weight excluding hydrogens is 346 g/mol. The van der Waals surface area contributed by atoms with Crippen molar-refractivity contribution in [1.29, 1.82) is 0 Å². The molecule has 0 aromatic heterocycles. The summed E-state index contributed by atoms with van der Waals surface area (Å²) in [6, 6.07) is 10.9. The van der Waals surface area contributed by atoms with E-state index in [0.29, 0.717) is 22.7 Å². The Morgan fingerprint density at radius 3 is 2.44 bits per heavy atom. The summed E-state index contributed by atoms with van der Waals surface area (Å²) < 4.78 is 10.6. The van der Waals surface area contributed by atoms with Crippen molar-refractivity contribution in [2.75, 3.05) is 19.1 Å². The maximum Gasteiger partial charge on any atom is 0.264 e. The number of fused-ring (bicyclic) bond motifs is 1. The zero-order valence-electron chi connectivity index (χ0n) is 15.9. The number of methoxy groups -OCH3 is 2. The summed E-state index contributed by atoms with van der Waals surface area (Å²) in [5.41, 5.74) is 0.993. The van der Waals surface area contributed by atoms with Crippen molar-refractivity contribution in [3.63, 3.8) is 0 Å². The van der Waals surface area contributed by atoms with Crippen molar-refractivity contribution < 1.29 is 24.2 Å². The average molecular weight is 369 g/mol. The number of anilines is 1. The number of amides is 1. The van der Waals surface area contributed by atoms with E-state index in [-0.39, 0.29) is 18.7 Å². The Morgan fingerprint density at radius 2 is 1.81 bits per heavy atom. The number of aliphatic hydroxyl groups is 1. The molecule has 142 valence electrons. The fourth-order valence-electron chi connectivity index (χ4n) is 3.51.